The summed E-state index contributed by atoms with van der Waals surface area (Å²) < 4.78 is 14.8. The molecule has 0 saturated heterocycles. The molecule has 0 aliphatic carbocycles. The standard InChI is InChI=1S/C10H8FN3O/c1-14-6-5-13-10(14)9(15)8-7(11)3-2-4-12-8/h2-6H,1H3. The van der Waals surface area contributed by atoms with Crippen LogP contribution in [0.25, 0.3) is 0 Å². The van der Waals surface area contributed by atoms with Crippen LogP contribution in [-0.2, 0) is 7.05 Å². The summed E-state index contributed by atoms with van der Waals surface area (Å²) in [6.45, 7) is 0. The van der Waals surface area contributed by atoms with Crippen molar-refractivity contribution in [2.45, 2.75) is 0 Å². The van der Waals surface area contributed by atoms with Crippen LogP contribution in [0.2, 0.25) is 0 Å². The Morgan fingerprint density at radius 1 is 1.40 bits per heavy atom. The highest BCUT2D eigenvalue weighted by molar-refractivity contribution is 6.05. The van der Waals surface area contributed by atoms with E-state index in [1.54, 1.807) is 13.2 Å². The molecule has 0 aliphatic rings. The van der Waals surface area contributed by atoms with Gasteiger partial charge in [0.1, 0.15) is 5.69 Å². The van der Waals surface area contributed by atoms with E-state index in [9.17, 15) is 9.18 Å². The van der Waals surface area contributed by atoms with Crippen LogP contribution in [0.5, 0.6) is 0 Å². The number of carbonyl (C=O) groups excluding carboxylic acids is 1. The van der Waals surface area contributed by atoms with E-state index in [0.29, 0.717) is 0 Å². The molecule has 0 spiro atoms. The van der Waals surface area contributed by atoms with Gasteiger partial charge in [-0.15, -0.1) is 0 Å². The minimum absolute atomic E-state index is 0.174. The third-order valence-corrected chi connectivity index (χ3v) is 2.00. The second kappa shape index (κ2) is 3.61. The van der Waals surface area contributed by atoms with Crippen LogP contribution in [0.1, 0.15) is 16.3 Å². The lowest BCUT2D eigenvalue weighted by molar-refractivity contribution is 0.101. The highest BCUT2D eigenvalue weighted by atomic mass is 19.1. The van der Waals surface area contributed by atoms with Crippen molar-refractivity contribution in [2.24, 2.45) is 7.05 Å². The fourth-order valence-corrected chi connectivity index (χ4v) is 1.24. The molecule has 0 saturated carbocycles. The van der Waals surface area contributed by atoms with Crippen molar-refractivity contribution in [3.63, 3.8) is 0 Å². The lowest BCUT2D eigenvalue weighted by atomic mass is 10.2. The van der Waals surface area contributed by atoms with Crippen LogP contribution in [0.3, 0.4) is 0 Å². The number of imidazole rings is 1. The minimum atomic E-state index is -0.634. The lowest BCUT2D eigenvalue weighted by Gasteiger charge is -2.00. The van der Waals surface area contributed by atoms with E-state index in [-0.39, 0.29) is 11.5 Å². The first-order valence-corrected chi connectivity index (χ1v) is 4.32. The highest BCUT2D eigenvalue weighted by Crippen LogP contribution is 2.08. The minimum Gasteiger partial charge on any atom is -0.331 e. The van der Waals surface area contributed by atoms with Crippen molar-refractivity contribution < 1.29 is 9.18 Å². The fraction of sp³-hybridized carbons (Fsp3) is 0.100. The number of pyridine rings is 1. The van der Waals surface area contributed by atoms with E-state index in [1.807, 2.05) is 0 Å². The number of aryl methyl sites for hydroxylation is 1. The van der Waals surface area contributed by atoms with Gasteiger partial charge in [-0.3, -0.25) is 4.79 Å². The Kier molecular flexibility index (Phi) is 2.29. The quantitative estimate of drug-likeness (QED) is 0.692. The monoisotopic (exact) mass is 205 g/mol. The molecule has 2 aromatic heterocycles. The maximum absolute atomic E-state index is 13.2. The van der Waals surface area contributed by atoms with Gasteiger partial charge in [-0.1, -0.05) is 0 Å². The van der Waals surface area contributed by atoms with Crippen molar-refractivity contribution >= 4 is 5.78 Å². The van der Waals surface area contributed by atoms with Crippen LogP contribution in [0.4, 0.5) is 4.39 Å². The Balaban J connectivity index is 2.46. The lowest BCUT2D eigenvalue weighted by Crippen LogP contribution is -2.12. The van der Waals surface area contributed by atoms with Crippen molar-refractivity contribution in [3.8, 4) is 0 Å². The van der Waals surface area contributed by atoms with Crippen molar-refractivity contribution in [1.82, 2.24) is 14.5 Å². The molecule has 76 valence electrons. The van der Waals surface area contributed by atoms with E-state index in [1.165, 1.54) is 29.1 Å². The highest BCUT2D eigenvalue weighted by Gasteiger charge is 2.18. The third kappa shape index (κ3) is 1.63. The van der Waals surface area contributed by atoms with Crippen LogP contribution in [-0.4, -0.2) is 20.3 Å². The fourth-order valence-electron chi connectivity index (χ4n) is 1.24. The zero-order chi connectivity index (χ0) is 10.8. The zero-order valence-electron chi connectivity index (χ0n) is 8.01. The summed E-state index contributed by atoms with van der Waals surface area (Å²) in [7, 11) is 1.67. The zero-order valence-corrected chi connectivity index (χ0v) is 8.01. The first-order valence-electron chi connectivity index (χ1n) is 4.32. The maximum Gasteiger partial charge on any atom is 0.249 e. The number of nitrogens with zero attached hydrogens (tertiary/aromatic N) is 3. The maximum atomic E-state index is 13.2. The van der Waals surface area contributed by atoms with Crippen LogP contribution < -0.4 is 0 Å². The average molecular weight is 205 g/mol. The summed E-state index contributed by atoms with van der Waals surface area (Å²) in [5, 5.41) is 0. The molecule has 0 N–H and O–H groups in total. The third-order valence-electron chi connectivity index (χ3n) is 2.00. The van der Waals surface area contributed by atoms with E-state index in [2.05, 4.69) is 9.97 Å². The van der Waals surface area contributed by atoms with Gasteiger partial charge >= 0.3 is 0 Å². The van der Waals surface area contributed by atoms with Crippen LogP contribution >= 0.6 is 0 Å². The second-order valence-electron chi connectivity index (χ2n) is 3.02. The van der Waals surface area contributed by atoms with E-state index < -0.39 is 11.6 Å². The predicted octanol–water partition coefficient (Wildman–Crippen LogP) is 1.19. The molecule has 0 aliphatic heterocycles. The number of hydrogen-bond acceptors (Lipinski definition) is 3. The molecule has 4 nitrogen and oxygen atoms in total. The Labute approximate surface area is 85.4 Å². The topological polar surface area (TPSA) is 47.8 Å². The van der Waals surface area contributed by atoms with Crippen LogP contribution in [0, 0.1) is 5.82 Å². The molecule has 0 amide bonds. The smallest absolute Gasteiger partial charge is 0.249 e. The summed E-state index contributed by atoms with van der Waals surface area (Å²) in [6, 6.07) is 2.63. The number of rotatable bonds is 2. The Bertz CT molecular complexity index is 507. The van der Waals surface area contributed by atoms with Gasteiger partial charge in [0.25, 0.3) is 0 Å². The molecule has 0 bridgehead atoms. The number of halogens is 1. The van der Waals surface area contributed by atoms with Crippen LogP contribution in [0.15, 0.2) is 30.7 Å². The van der Waals surface area contributed by atoms with Gasteiger partial charge in [0.2, 0.25) is 5.78 Å². The predicted molar refractivity (Wildman–Crippen MR) is 50.8 cm³/mol. The molecular formula is C10H8FN3O. The molecule has 0 fully saturated rings. The normalized spacial score (nSPS) is 10.3. The number of carbonyl (C=O) groups is 1. The first-order chi connectivity index (χ1) is 7.20. The van der Waals surface area contributed by atoms with E-state index in [4.69, 9.17) is 0 Å². The molecule has 0 radical (unpaired) electrons. The molecule has 0 atom stereocenters. The Hall–Kier alpha value is -2.04. The molecule has 0 unspecified atom stereocenters. The van der Waals surface area contributed by atoms with Crippen molar-refractivity contribution in [2.75, 3.05) is 0 Å². The average Bonchev–Trinajstić information content (AvgIpc) is 2.64. The second-order valence-corrected chi connectivity index (χ2v) is 3.02. The first kappa shape index (κ1) is 9.51. The van der Waals surface area contributed by atoms with Gasteiger partial charge in [-0.05, 0) is 12.1 Å². The molecular weight excluding hydrogens is 197 g/mol. The van der Waals surface area contributed by atoms with Gasteiger partial charge in [0.15, 0.2) is 11.6 Å². The number of hydrogen-bond donors (Lipinski definition) is 0. The van der Waals surface area contributed by atoms with Gasteiger partial charge in [-0.2, -0.15) is 0 Å². The molecule has 2 rings (SSSR count). The summed E-state index contributed by atoms with van der Waals surface area (Å²) in [5.74, 6) is -0.973. The summed E-state index contributed by atoms with van der Waals surface area (Å²) >= 11 is 0. The molecule has 2 heterocycles. The SMILES string of the molecule is Cn1ccnc1C(=O)c1ncccc1F. The molecule has 15 heavy (non-hydrogen) atoms. The summed E-state index contributed by atoms with van der Waals surface area (Å²) in [5.41, 5.74) is -0.202. The van der Waals surface area contributed by atoms with Gasteiger partial charge in [0.05, 0.1) is 0 Å². The van der Waals surface area contributed by atoms with Gasteiger partial charge < -0.3 is 4.57 Å². The molecule has 0 aromatic carbocycles. The number of aromatic nitrogens is 3. The van der Waals surface area contributed by atoms with Gasteiger partial charge in [-0.25, -0.2) is 14.4 Å². The Morgan fingerprint density at radius 2 is 2.20 bits per heavy atom. The summed E-state index contributed by atoms with van der Waals surface area (Å²) in [6.07, 6.45) is 4.47. The molecule has 5 heteroatoms. The number of ketones is 1. The van der Waals surface area contributed by atoms with E-state index in [0.717, 1.165) is 0 Å². The van der Waals surface area contributed by atoms with Gasteiger partial charge in [0, 0.05) is 25.6 Å². The van der Waals surface area contributed by atoms with Crippen molar-refractivity contribution in [1.29, 1.82) is 0 Å². The van der Waals surface area contributed by atoms with Crippen molar-refractivity contribution in [3.05, 3.63) is 48.1 Å². The van der Waals surface area contributed by atoms with E-state index >= 15 is 0 Å². The summed E-state index contributed by atoms with van der Waals surface area (Å²) in [4.78, 5) is 19.3. The molecule has 2 aromatic rings. The Morgan fingerprint density at radius 3 is 2.80 bits per heavy atom. The largest absolute Gasteiger partial charge is 0.331 e.